The van der Waals surface area contributed by atoms with Crippen LogP contribution in [0, 0.1) is 0 Å². The monoisotopic (exact) mass is 247 g/mol. The molecule has 0 bridgehead atoms. The number of methoxy groups -OCH3 is 2. The van der Waals surface area contributed by atoms with Gasteiger partial charge in [-0.25, -0.2) is 4.79 Å². The molecule has 0 saturated heterocycles. The summed E-state index contributed by atoms with van der Waals surface area (Å²) in [6.45, 7) is 0. The molecule has 1 aromatic heterocycles. The van der Waals surface area contributed by atoms with Gasteiger partial charge in [-0.15, -0.1) is 0 Å². The molecule has 0 aliphatic rings. The summed E-state index contributed by atoms with van der Waals surface area (Å²) >= 11 is 0. The van der Waals surface area contributed by atoms with Gasteiger partial charge in [0, 0.05) is 17.1 Å². The van der Waals surface area contributed by atoms with Crippen molar-refractivity contribution < 1.29 is 19.4 Å². The highest BCUT2D eigenvalue weighted by molar-refractivity contribution is 5.91. The van der Waals surface area contributed by atoms with Gasteiger partial charge in [0.2, 0.25) is 0 Å². The molecule has 0 amide bonds. The van der Waals surface area contributed by atoms with E-state index in [2.05, 4.69) is 9.72 Å². The summed E-state index contributed by atoms with van der Waals surface area (Å²) in [5.41, 5.74) is 1.05. The van der Waals surface area contributed by atoms with Crippen LogP contribution in [-0.2, 0) is 9.53 Å². The molecule has 1 heterocycles. The minimum absolute atomic E-state index is 0.450. The second kappa shape index (κ2) is 5.01. The Morgan fingerprint density at radius 3 is 2.78 bits per heavy atom. The van der Waals surface area contributed by atoms with Crippen LogP contribution in [0.5, 0.6) is 5.75 Å². The summed E-state index contributed by atoms with van der Waals surface area (Å²) in [6.07, 6.45) is 0.298. The zero-order valence-electron chi connectivity index (χ0n) is 10.1. The van der Waals surface area contributed by atoms with E-state index in [1.54, 1.807) is 37.6 Å². The first kappa shape index (κ1) is 12.3. The standard InChI is InChI=1S/C13H13NO4/c1-17-10-6-5-9(12(15)13(16)18-2)8-4-3-7-14-11(8)10/h3-7,12,15H,1-2H3. The normalized spacial score (nSPS) is 12.2. The number of nitrogens with zero attached hydrogens (tertiary/aromatic N) is 1. The number of fused-ring (bicyclic) bond motifs is 1. The third kappa shape index (κ3) is 2.00. The molecule has 18 heavy (non-hydrogen) atoms. The molecule has 1 atom stereocenters. The maximum atomic E-state index is 11.4. The van der Waals surface area contributed by atoms with Crippen molar-refractivity contribution in [2.75, 3.05) is 14.2 Å². The van der Waals surface area contributed by atoms with Gasteiger partial charge < -0.3 is 14.6 Å². The lowest BCUT2D eigenvalue weighted by Gasteiger charge is -2.13. The van der Waals surface area contributed by atoms with E-state index in [4.69, 9.17) is 4.74 Å². The van der Waals surface area contributed by atoms with Crippen LogP contribution in [0.3, 0.4) is 0 Å². The molecule has 0 spiro atoms. The molecule has 0 saturated carbocycles. The van der Waals surface area contributed by atoms with E-state index >= 15 is 0 Å². The van der Waals surface area contributed by atoms with Gasteiger partial charge in [0.15, 0.2) is 6.10 Å². The van der Waals surface area contributed by atoms with Crippen molar-refractivity contribution in [3.05, 3.63) is 36.0 Å². The fraction of sp³-hybridized carbons (Fsp3) is 0.231. The van der Waals surface area contributed by atoms with E-state index in [1.807, 2.05) is 0 Å². The smallest absolute Gasteiger partial charge is 0.339 e. The minimum Gasteiger partial charge on any atom is -0.494 e. The van der Waals surface area contributed by atoms with E-state index in [1.165, 1.54) is 7.11 Å². The highest BCUT2D eigenvalue weighted by Gasteiger charge is 2.21. The van der Waals surface area contributed by atoms with Crippen LogP contribution in [0.4, 0.5) is 0 Å². The van der Waals surface area contributed by atoms with Crippen molar-refractivity contribution in [2.45, 2.75) is 6.10 Å². The molecule has 0 radical (unpaired) electrons. The van der Waals surface area contributed by atoms with E-state index < -0.39 is 12.1 Å². The Bertz CT molecular complexity index is 582. The predicted octanol–water partition coefficient (Wildman–Crippen LogP) is 1.45. The van der Waals surface area contributed by atoms with Crippen molar-refractivity contribution in [1.82, 2.24) is 4.98 Å². The van der Waals surface area contributed by atoms with Gasteiger partial charge in [-0.1, -0.05) is 12.1 Å². The summed E-state index contributed by atoms with van der Waals surface area (Å²) in [6, 6.07) is 6.79. The number of aromatic nitrogens is 1. The Kier molecular flexibility index (Phi) is 3.43. The second-order valence-corrected chi connectivity index (χ2v) is 3.68. The van der Waals surface area contributed by atoms with E-state index in [-0.39, 0.29) is 0 Å². The number of aliphatic hydroxyl groups is 1. The highest BCUT2D eigenvalue weighted by Crippen LogP contribution is 2.30. The van der Waals surface area contributed by atoms with Gasteiger partial charge in [0.05, 0.1) is 14.2 Å². The third-order valence-corrected chi connectivity index (χ3v) is 2.71. The van der Waals surface area contributed by atoms with Gasteiger partial charge in [-0.3, -0.25) is 4.98 Å². The van der Waals surface area contributed by atoms with Crippen LogP contribution in [0.2, 0.25) is 0 Å². The van der Waals surface area contributed by atoms with E-state index in [0.29, 0.717) is 22.2 Å². The molecule has 2 rings (SSSR count). The van der Waals surface area contributed by atoms with Crippen molar-refractivity contribution in [1.29, 1.82) is 0 Å². The Hall–Kier alpha value is -2.14. The Morgan fingerprint density at radius 2 is 2.11 bits per heavy atom. The number of carbonyl (C=O) groups excluding carboxylic acids is 1. The molecular weight excluding hydrogens is 234 g/mol. The molecule has 2 aromatic rings. The average molecular weight is 247 g/mol. The lowest BCUT2D eigenvalue weighted by molar-refractivity contribution is -0.150. The number of aliphatic hydroxyl groups excluding tert-OH is 1. The maximum absolute atomic E-state index is 11.4. The van der Waals surface area contributed by atoms with E-state index in [0.717, 1.165) is 0 Å². The number of benzene rings is 1. The van der Waals surface area contributed by atoms with Crippen molar-refractivity contribution in [3.8, 4) is 5.75 Å². The van der Waals surface area contributed by atoms with Gasteiger partial charge in [-0.05, 0) is 12.1 Å². The quantitative estimate of drug-likeness (QED) is 0.831. The first-order valence-corrected chi connectivity index (χ1v) is 5.36. The second-order valence-electron chi connectivity index (χ2n) is 3.68. The van der Waals surface area contributed by atoms with Gasteiger partial charge >= 0.3 is 5.97 Å². The number of esters is 1. The highest BCUT2D eigenvalue weighted by atomic mass is 16.5. The lowest BCUT2D eigenvalue weighted by atomic mass is 10.0. The SMILES string of the molecule is COC(=O)C(O)c1ccc(OC)c2ncccc12. The zero-order chi connectivity index (χ0) is 13.1. The van der Waals surface area contributed by atoms with Crippen LogP contribution in [0.25, 0.3) is 10.9 Å². The number of pyridine rings is 1. The lowest BCUT2D eigenvalue weighted by Crippen LogP contribution is -2.14. The maximum Gasteiger partial charge on any atom is 0.339 e. The minimum atomic E-state index is -1.33. The number of ether oxygens (including phenoxy) is 2. The Labute approximate surface area is 104 Å². The first-order valence-electron chi connectivity index (χ1n) is 5.36. The first-order chi connectivity index (χ1) is 8.69. The van der Waals surface area contributed by atoms with Crippen molar-refractivity contribution in [2.24, 2.45) is 0 Å². The molecule has 1 unspecified atom stereocenters. The van der Waals surface area contributed by atoms with Crippen molar-refractivity contribution >= 4 is 16.9 Å². The Morgan fingerprint density at radius 1 is 1.33 bits per heavy atom. The molecule has 5 nitrogen and oxygen atoms in total. The van der Waals surface area contributed by atoms with Crippen LogP contribution in [0.15, 0.2) is 30.5 Å². The molecule has 0 aliphatic heterocycles. The summed E-state index contributed by atoms with van der Waals surface area (Å²) in [5.74, 6) is -0.114. The fourth-order valence-electron chi connectivity index (χ4n) is 1.81. The average Bonchev–Trinajstić information content (AvgIpc) is 2.44. The molecule has 0 aliphatic carbocycles. The molecule has 1 N–H and O–H groups in total. The summed E-state index contributed by atoms with van der Waals surface area (Å²) in [4.78, 5) is 15.6. The summed E-state index contributed by atoms with van der Waals surface area (Å²) in [7, 11) is 2.77. The number of hydrogen-bond acceptors (Lipinski definition) is 5. The largest absolute Gasteiger partial charge is 0.494 e. The molecule has 5 heteroatoms. The third-order valence-electron chi connectivity index (χ3n) is 2.71. The summed E-state index contributed by atoms with van der Waals surface area (Å²) < 4.78 is 9.72. The number of rotatable bonds is 3. The Balaban J connectivity index is 2.63. The van der Waals surface area contributed by atoms with Gasteiger partial charge in [0.25, 0.3) is 0 Å². The molecule has 0 fully saturated rings. The van der Waals surface area contributed by atoms with Crippen LogP contribution >= 0.6 is 0 Å². The number of carbonyl (C=O) groups is 1. The van der Waals surface area contributed by atoms with Crippen LogP contribution < -0.4 is 4.74 Å². The zero-order valence-corrected chi connectivity index (χ0v) is 10.1. The molecule has 94 valence electrons. The van der Waals surface area contributed by atoms with Gasteiger partial charge in [-0.2, -0.15) is 0 Å². The predicted molar refractivity (Wildman–Crippen MR) is 65.3 cm³/mol. The summed E-state index contributed by atoms with van der Waals surface area (Å²) in [5, 5.41) is 10.6. The van der Waals surface area contributed by atoms with E-state index in [9.17, 15) is 9.90 Å². The number of hydrogen-bond donors (Lipinski definition) is 1. The molecular formula is C13H13NO4. The van der Waals surface area contributed by atoms with Crippen LogP contribution in [0.1, 0.15) is 11.7 Å². The topological polar surface area (TPSA) is 68.7 Å². The van der Waals surface area contributed by atoms with Gasteiger partial charge in [0.1, 0.15) is 11.3 Å². The van der Waals surface area contributed by atoms with Crippen molar-refractivity contribution in [3.63, 3.8) is 0 Å². The molecule has 1 aromatic carbocycles. The van der Waals surface area contributed by atoms with Crippen LogP contribution in [-0.4, -0.2) is 30.3 Å². The fourth-order valence-corrected chi connectivity index (χ4v) is 1.81.